The molecule has 2 atom stereocenters. The van der Waals surface area contributed by atoms with E-state index < -0.39 is 11.6 Å². The van der Waals surface area contributed by atoms with E-state index in [9.17, 15) is 8.78 Å². The minimum Gasteiger partial charge on any atom is -0.365 e. The van der Waals surface area contributed by atoms with Gasteiger partial charge in [0.2, 0.25) is 0 Å². The van der Waals surface area contributed by atoms with Crippen molar-refractivity contribution in [3.05, 3.63) is 41.7 Å². The predicted molar refractivity (Wildman–Crippen MR) is 108 cm³/mol. The Hall–Kier alpha value is -2.22. The lowest BCUT2D eigenvalue weighted by molar-refractivity contribution is 0.507. The Morgan fingerprint density at radius 3 is 2.79 bits per heavy atom. The number of thioether (sulfide) groups is 1. The molecule has 1 N–H and O–H groups in total. The summed E-state index contributed by atoms with van der Waals surface area (Å²) in [6, 6.07) is 4.26. The van der Waals surface area contributed by atoms with Crippen LogP contribution in [0, 0.1) is 11.6 Å². The molecule has 0 spiro atoms. The summed E-state index contributed by atoms with van der Waals surface area (Å²) < 4.78 is 28.8. The molecule has 0 unspecified atom stereocenters. The van der Waals surface area contributed by atoms with E-state index in [0.717, 1.165) is 53.4 Å². The minimum absolute atomic E-state index is 0.128. The van der Waals surface area contributed by atoms with E-state index in [1.54, 1.807) is 17.8 Å². The van der Waals surface area contributed by atoms with Crippen LogP contribution in [0.5, 0.6) is 0 Å². The van der Waals surface area contributed by atoms with Crippen molar-refractivity contribution in [2.24, 2.45) is 0 Å². The second kappa shape index (κ2) is 8.03. The van der Waals surface area contributed by atoms with Crippen LogP contribution in [0.1, 0.15) is 44.6 Å². The van der Waals surface area contributed by atoms with Crippen LogP contribution in [0.25, 0.3) is 11.2 Å². The maximum Gasteiger partial charge on any atom is 0.191 e. The Labute approximate surface area is 167 Å². The fourth-order valence-corrected chi connectivity index (χ4v) is 4.02. The summed E-state index contributed by atoms with van der Waals surface area (Å²) in [5.41, 5.74) is 2.40. The van der Waals surface area contributed by atoms with Crippen molar-refractivity contribution in [2.75, 3.05) is 11.1 Å². The van der Waals surface area contributed by atoms with Crippen LogP contribution in [-0.2, 0) is 6.54 Å². The van der Waals surface area contributed by atoms with Crippen LogP contribution in [0.15, 0.2) is 29.7 Å². The van der Waals surface area contributed by atoms with E-state index in [4.69, 9.17) is 4.98 Å². The molecule has 1 aliphatic carbocycles. The molecule has 1 fully saturated rings. The van der Waals surface area contributed by atoms with Gasteiger partial charge in [-0.15, -0.1) is 0 Å². The highest BCUT2D eigenvalue weighted by molar-refractivity contribution is 7.99. The number of imidazole rings is 1. The van der Waals surface area contributed by atoms with Gasteiger partial charge in [-0.3, -0.25) is 0 Å². The van der Waals surface area contributed by atoms with Crippen molar-refractivity contribution in [3.8, 4) is 0 Å². The van der Waals surface area contributed by atoms with Crippen LogP contribution < -0.4 is 5.32 Å². The minimum atomic E-state index is -0.814. The van der Waals surface area contributed by atoms with Crippen LogP contribution >= 0.6 is 11.8 Å². The van der Waals surface area contributed by atoms with Gasteiger partial charge in [-0.05, 0) is 37.0 Å². The first-order valence-corrected chi connectivity index (χ1v) is 10.7. The molecule has 5 nitrogen and oxygen atoms in total. The van der Waals surface area contributed by atoms with Crippen molar-refractivity contribution in [1.29, 1.82) is 0 Å². The van der Waals surface area contributed by atoms with Crippen molar-refractivity contribution >= 4 is 28.7 Å². The number of aryl methyl sites for hydroxylation is 1. The first-order chi connectivity index (χ1) is 13.6. The first-order valence-electron chi connectivity index (χ1n) is 9.67. The zero-order chi connectivity index (χ0) is 19.7. The summed E-state index contributed by atoms with van der Waals surface area (Å²) in [6.07, 6.45) is 4.70. The number of nitrogens with one attached hydrogen (secondary N) is 1. The van der Waals surface area contributed by atoms with Gasteiger partial charge >= 0.3 is 0 Å². The third-order valence-electron chi connectivity index (χ3n) is 4.83. The summed E-state index contributed by atoms with van der Waals surface area (Å²) in [5.74, 6) is 0.195. The number of fused-ring (bicyclic) bond motifs is 1. The van der Waals surface area contributed by atoms with Crippen molar-refractivity contribution in [3.63, 3.8) is 0 Å². The van der Waals surface area contributed by atoms with Gasteiger partial charge in [0.15, 0.2) is 33.8 Å². The molecule has 1 aromatic carbocycles. The standard InChI is InChI=1S/C20H23F2N5S/c1-3-7-27-11-23-17-18(25-20(26-19(17)27)28-8-4-2)24-16-10-13(16)12-5-6-14(21)15(22)9-12/h5-6,9,11,13,16H,3-4,7-8,10H2,1-2H3,(H,24,25,26)/t13-,16+/m0/s1. The number of nitrogens with zero attached hydrogens (tertiary/aromatic N) is 4. The molecule has 1 saturated carbocycles. The molecule has 0 aliphatic heterocycles. The monoisotopic (exact) mass is 403 g/mol. The second-order valence-corrected chi connectivity index (χ2v) is 8.14. The average molecular weight is 404 g/mol. The van der Waals surface area contributed by atoms with Gasteiger partial charge in [0.05, 0.1) is 6.33 Å². The predicted octanol–water partition coefficient (Wildman–Crippen LogP) is 4.98. The molecule has 1 aliphatic rings. The van der Waals surface area contributed by atoms with Crippen molar-refractivity contribution in [2.45, 2.75) is 56.8 Å². The number of hydrogen-bond acceptors (Lipinski definition) is 5. The average Bonchev–Trinajstić information content (AvgIpc) is 3.33. The van der Waals surface area contributed by atoms with Crippen LogP contribution in [0.4, 0.5) is 14.6 Å². The first kappa shape index (κ1) is 19.1. The Morgan fingerprint density at radius 2 is 2.04 bits per heavy atom. The smallest absolute Gasteiger partial charge is 0.191 e. The molecular formula is C20H23F2N5S. The van der Waals surface area contributed by atoms with Crippen LogP contribution in [0.3, 0.4) is 0 Å². The molecule has 8 heteroatoms. The highest BCUT2D eigenvalue weighted by atomic mass is 32.2. The number of rotatable bonds is 8. The molecule has 2 heterocycles. The topological polar surface area (TPSA) is 55.6 Å². The summed E-state index contributed by atoms with van der Waals surface area (Å²) >= 11 is 1.63. The highest BCUT2D eigenvalue weighted by Crippen LogP contribution is 2.43. The van der Waals surface area contributed by atoms with Crippen LogP contribution in [0.2, 0.25) is 0 Å². The molecule has 28 heavy (non-hydrogen) atoms. The van der Waals surface area contributed by atoms with E-state index in [1.807, 2.05) is 6.33 Å². The maximum atomic E-state index is 13.5. The lowest BCUT2D eigenvalue weighted by atomic mass is 10.1. The summed E-state index contributed by atoms with van der Waals surface area (Å²) in [4.78, 5) is 13.9. The van der Waals surface area contributed by atoms with Gasteiger partial charge in [-0.1, -0.05) is 31.7 Å². The lowest BCUT2D eigenvalue weighted by Gasteiger charge is -2.09. The van der Waals surface area contributed by atoms with E-state index in [-0.39, 0.29) is 12.0 Å². The van der Waals surface area contributed by atoms with Gasteiger partial charge in [-0.2, -0.15) is 0 Å². The fraction of sp³-hybridized carbons (Fsp3) is 0.450. The van der Waals surface area contributed by atoms with Gasteiger partial charge in [0.25, 0.3) is 0 Å². The van der Waals surface area contributed by atoms with Gasteiger partial charge in [-0.25, -0.2) is 23.7 Å². The number of hydrogen-bond donors (Lipinski definition) is 1. The molecule has 3 aromatic rings. The molecule has 4 rings (SSSR count). The normalized spacial score (nSPS) is 18.6. The summed E-state index contributed by atoms with van der Waals surface area (Å²) in [7, 11) is 0. The summed E-state index contributed by atoms with van der Waals surface area (Å²) in [6.45, 7) is 5.10. The van der Waals surface area contributed by atoms with E-state index in [1.165, 1.54) is 12.1 Å². The molecule has 0 bridgehead atoms. The Morgan fingerprint density at radius 1 is 1.18 bits per heavy atom. The van der Waals surface area contributed by atoms with Crippen molar-refractivity contribution < 1.29 is 8.78 Å². The Bertz CT molecular complexity index is 990. The molecule has 2 aromatic heterocycles. The lowest BCUT2D eigenvalue weighted by Crippen LogP contribution is -2.09. The highest BCUT2D eigenvalue weighted by Gasteiger charge is 2.39. The number of anilines is 1. The van der Waals surface area contributed by atoms with Gasteiger partial charge in [0.1, 0.15) is 0 Å². The SMILES string of the molecule is CCCSc1nc(N[C@@H]2C[C@H]2c2ccc(F)c(F)c2)c2ncn(CCC)c2n1. The van der Waals surface area contributed by atoms with E-state index in [2.05, 4.69) is 33.7 Å². The Balaban J connectivity index is 1.59. The molecule has 148 valence electrons. The second-order valence-electron chi connectivity index (χ2n) is 7.08. The molecule has 0 saturated heterocycles. The molecule has 0 amide bonds. The van der Waals surface area contributed by atoms with Gasteiger partial charge < -0.3 is 9.88 Å². The quantitative estimate of drug-likeness (QED) is 0.424. The fourth-order valence-electron chi connectivity index (χ4n) is 3.33. The molecular weight excluding hydrogens is 380 g/mol. The van der Waals surface area contributed by atoms with Crippen LogP contribution in [-0.4, -0.2) is 31.3 Å². The summed E-state index contributed by atoms with van der Waals surface area (Å²) in [5, 5.41) is 4.19. The number of benzene rings is 1. The largest absolute Gasteiger partial charge is 0.365 e. The third-order valence-corrected chi connectivity index (χ3v) is 5.88. The van der Waals surface area contributed by atoms with E-state index >= 15 is 0 Å². The Kier molecular flexibility index (Phi) is 5.48. The zero-order valence-electron chi connectivity index (χ0n) is 16.0. The maximum absolute atomic E-state index is 13.5. The van der Waals surface area contributed by atoms with Crippen molar-refractivity contribution in [1.82, 2.24) is 19.5 Å². The third kappa shape index (κ3) is 3.83. The molecule has 0 radical (unpaired) electrons. The number of halogens is 2. The van der Waals surface area contributed by atoms with E-state index in [0.29, 0.717) is 5.82 Å². The zero-order valence-corrected chi connectivity index (χ0v) is 16.8. The number of aromatic nitrogens is 4. The van der Waals surface area contributed by atoms with Gasteiger partial charge in [0, 0.05) is 24.3 Å².